The molecule has 0 amide bonds. The summed E-state index contributed by atoms with van der Waals surface area (Å²) in [6.07, 6.45) is 1.28. The molecule has 4 heteroatoms. The number of ether oxygens (including phenoxy) is 1. The predicted octanol–water partition coefficient (Wildman–Crippen LogP) is 0.0854. The summed E-state index contributed by atoms with van der Waals surface area (Å²) in [7, 11) is 4.35. The van der Waals surface area contributed by atoms with Gasteiger partial charge in [-0.2, -0.15) is 0 Å². The fraction of sp³-hybridized carbons (Fsp3) is 0.900. The number of hydrogen-bond acceptors (Lipinski definition) is 4. The van der Waals surface area contributed by atoms with Crippen molar-refractivity contribution in [3.63, 3.8) is 0 Å². The van der Waals surface area contributed by atoms with Crippen molar-refractivity contribution in [2.75, 3.05) is 53.5 Å². The summed E-state index contributed by atoms with van der Waals surface area (Å²) in [4.78, 5) is 12.7. The van der Waals surface area contributed by atoms with Crippen molar-refractivity contribution in [2.45, 2.75) is 6.42 Å². The van der Waals surface area contributed by atoms with Gasteiger partial charge in [-0.1, -0.05) is 0 Å². The van der Waals surface area contributed by atoms with Gasteiger partial charge in [0.15, 0.2) is 0 Å². The van der Waals surface area contributed by atoms with E-state index in [4.69, 9.17) is 9.53 Å². The molecule has 2 aliphatic heterocycles. The number of carbonyl (C=O) groups excluding carboxylic acids is 1. The average Bonchev–Trinajstić information content (AvgIpc) is 2.11. The maximum Gasteiger partial charge on any atom is 0.106 e. The van der Waals surface area contributed by atoms with E-state index < -0.39 is 0 Å². The summed E-state index contributed by atoms with van der Waals surface area (Å²) in [6.45, 7) is 8.93. The van der Waals surface area contributed by atoms with Crippen LogP contribution in [0, 0.1) is 0 Å². The highest BCUT2D eigenvalue weighted by Gasteiger charge is 2.07. The maximum absolute atomic E-state index is 8.00. The molecule has 2 fully saturated rings. The Bertz CT molecular complexity index is 107. The summed E-state index contributed by atoms with van der Waals surface area (Å²) >= 11 is 0. The van der Waals surface area contributed by atoms with Crippen molar-refractivity contribution >= 4 is 6.79 Å². The predicted molar refractivity (Wildman–Crippen MR) is 57.6 cm³/mol. The van der Waals surface area contributed by atoms with Crippen LogP contribution in [0.2, 0.25) is 0 Å². The topological polar surface area (TPSA) is 32.8 Å². The molecule has 2 saturated heterocycles. The Hall–Kier alpha value is -0.450. The van der Waals surface area contributed by atoms with Crippen LogP contribution >= 0.6 is 0 Å². The summed E-state index contributed by atoms with van der Waals surface area (Å²) < 4.78 is 4.72. The monoisotopic (exact) mass is 202 g/mol. The van der Waals surface area contributed by atoms with E-state index in [1.165, 1.54) is 32.6 Å². The summed E-state index contributed by atoms with van der Waals surface area (Å²) in [5, 5.41) is 0. The zero-order valence-electron chi connectivity index (χ0n) is 9.37. The van der Waals surface area contributed by atoms with Gasteiger partial charge in [0.25, 0.3) is 0 Å². The van der Waals surface area contributed by atoms with Crippen LogP contribution in [0.5, 0.6) is 0 Å². The average molecular weight is 202 g/mol. The van der Waals surface area contributed by atoms with Crippen LogP contribution in [-0.2, 0) is 9.53 Å². The van der Waals surface area contributed by atoms with Crippen LogP contribution in [0.3, 0.4) is 0 Å². The molecule has 2 heterocycles. The van der Waals surface area contributed by atoms with E-state index >= 15 is 0 Å². The van der Waals surface area contributed by atoms with Gasteiger partial charge in [-0.25, -0.2) is 0 Å². The van der Waals surface area contributed by atoms with Crippen LogP contribution in [0.1, 0.15) is 6.42 Å². The van der Waals surface area contributed by atoms with Crippen molar-refractivity contribution in [3.05, 3.63) is 0 Å². The lowest BCUT2D eigenvalue weighted by atomic mass is 10.4. The van der Waals surface area contributed by atoms with E-state index in [0.29, 0.717) is 0 Å². The number of likely N-dealkylation sites (N-methyl/N-ethyl adjacent to an activating group) is 2. The standard InChI is InChI=1S/C6H14N2.C3H6O.CH2O/c1-7-3-5-8(2)6-4-7;1-2-4-3-1;1-2/h3-6H2,1-2H3;1-3H2;1H2. The SMILES string of the molecule is C1COC1.C=O.CN1CCN(C)CC1. The van der Waals surface area contributed by atoms with Crippen molar-refractivity contribution in [1.29, 1.82) is 0 Å². The van der Waals surface area contributed by atoms with E-state index in [2.05, 4.69) is 23.9 Å². The van der Waals surface area contributed by atoms with Gasteiger partial charge in [0.05, 0.1) is 0 Å². The van der Waals surface area contributed by atoms with Crippen LogP contribution in [0.25, 0.3) is 0 Å². The van der Waals surface area contributed by atoms with E-state index in [9.17, 15) is 0 Å². The minimum atomic E-state index is 1.00. The van der Waals surface area contributed by atoms with Crippen LogP contribution in [0.4, 0.5) is 0 Å². The summed E-state index contributed by atoms with van der Waals surface area (Å²) in [5.74, 6) is 0. The highest BCUT2D eigenvalue weighted by molar-refractivity contribution is 5.10. The molecule has 0 N–H and O–H groups in total. The molecule has 0 aromatic rings. The van der Waals surface area contributed by atoms with Crippen molar-refractivity contribution in [2.24, 2.45) is 0 Å². The van der Waals surface area contributed by atoms with Gasteiger partial charge >= 0.3 is 0 Å². The van der Waals surface area contributed by atoms with Gasteiger partial charge in [0.1, 0.15) is 6.79 Å². The quantitative estimate of drug-likeness (QED) is 0.557. The largest absolute Gasteiger partial charge is 0.381 e. The van der Waals surface area contributed by atoms with Crippen LogP contribution in [0.15, 0.2) is 0 Å². The molecule has 84 valence electrons. The Labute approximate surface area is 86.8 Å². The molecule has 0 aromatic heterocycles. The highest BCUT2D eigenvalue weighted by atomic mass is 16.5. The van der Waals surface area contributed by atoms with E-state index in [-0.39, 0.29) is 0 Å². The molecular weight excluding hydrogens is 180 g/mol. The van der Waals surface area contributed by atoms with Crippen molar-refractivity contribution < 1.29 is 9.53 Å². The second-order valence-electron chi connectivity index (χ2n) is 3.57. The Kier molecular flexibility index (Phi) is 8.83. The Morgan fingerprint density at radius 1 is 0.929 bits per heavy atom. The van der Waals surface area contributed by atoms with Crippen LogP contribution < -0.4 is 0 Å². The fourth-order valence-electron chi connectivity index (χ4n) is 1.05. The molecule has 0 bridgehead atoms. The summed E-state index contributed by atoms with van der Waals surface area (Å²) in [6, 6.07) is 0. The third-order valence-electron chi connectivity index (χ3n) is 2.30. The molecule has 0 aliphatic carbocycles. The molecule has 0 atom stereocenters. The third-order valence-corrected chi connectivity index (χ3v) is 2.30. The molecule has 0 unspecified atom stereocenters. The third kappa shape index (κ3) is 7.00. The molecule has 0 aromatic carbocycles. The van der Waals surface area contributed by atoms with Gasteiger partial charge in [-0.05, 0) is 20.5 Å². The number of hydrogen-bond donors (Lipinski definition) is 0. The zero-order valence-corrected chi connectivity index (χ0v) is 9.37. The second-order valence-corrected chi connectivity index (χ2v) is 3.57. The minimum absolute atomic E-state index is 1.00. The number of rotatable bonds is 0. The lowest BCUT2D eigenvalue weighted by Gasteiger charge is -2.28. The first-order valence-corrected chi connectivity index (χ1v) is 5.03. The molecule has 0 radical (unpaired) electrons. The van der Waals surface area contributed by atoms with E-state index in [0.717, 1.165) is 13.2 Å². The van der Waals surface area contributed by atoms with E-state index in [1.54, 1.807) is 0 Å². The van der Waals surface area contributed by atoms with E-state index in [1.807, 2.05) is 6.79 Å². The first kappa shape index (κ1) is 13.5. The normalized spacial score (nSPS) is 22.1. The van der Waals surface area contributed by atoms with Crippen molar-refractivity contribution in [3.8, 4) is 0 Å². The Morgan fingerprint density at radius 2 is 1.14 bits per heavy atom. The zero-order chi connectivity index (χ0) is 10.8. The maximum atomic E-state index is 8.00. The first-order valence-electron chi connectivity index (χ1n) is 5.03. The lowest BCUT2D eigenvalue weighted by molar-refractivity contribution is -0.0979. The number of carbonyl (C=O) groups is 1. The molecule has 0 spiro atoms. The molecule has 4 nitrogen and oxygen atoms in total. The molecule has 0 saturated carbocycles. The van der Waals surface area contributed by atoms with Gasteiger partial charge in [-0.15, -0.1) is 0 Å². The van der Waals surface area contributed by atoms with Crippen LogP contribution in [-0.4, -0.2) is 70.1 Å². The van der Waals surface area contributed by atoms with Crippen molar-refractivity contribution in [1.82, 2.24) is 9.80 Å². The van der Waals surface area contributed by atoms with Gasteiger partial charge in [0, 0.05) is 39.4 Å². The molecule has 2 aliphatic rings. The number of piperazine rings is 1. The second kappa shape index (κ2) is 9.12. The minimum Gasteiger partial charge on any atom is -0.381 e. The molecular formula is C10H22N2O2. The first-order chi connectivity index (χ1) is 6.79. The summed E-state index contributed by atoms with van der Waals surface area (Å²) in [5.41, 5.74) is 0. The smallest absolute Gasteiger partial charge is 0.106 e. The molecule has 14 heavy (non-hydrogen) atoms. The lowest BCUT2D eigenvalue weighted by Crippen LogP contribution is -2.42. The van der Waals surface area contributed by atoms with Gasteiger partial charge < -0.3 is 19.3 Å². The fourth-order valence-corrected chi connectivity index (χ4v) is 1.05. The molecule has 2 rings (SSSR count). The Balaban J connectivity index is 0.000000236. The van der Waals surface area contributed by atoms with Gasteiger partial charge in [0.2, 0.25) is 0 Å². The number of nitrogens with zero attached hydrogens (tertiary/aromatic N) is 2. The highest BCUT2D eigenvalue weighted by Crippen LogP contribution is 1.93. The van der Waals surface area contributed by atoms with Gasteiger partial charge in [-0.3, -0.25) is 0 Å². The Morgan fingerprint density at radius 3 is 1.29 bits per heavy atom.